The van der Waals surface area contributed by atoms with Crippen molar-refractivity contribution in [2.45, 2.75) is 185 Å². The molecule has 0 aliphatic heterocycles. The van der Waals surface area contributed by atoms with Crippen LogP contribution in [0.5, 0.6) is 0 Å². The fraction of sp³-hybridized carbons (Fsp3) is 0.582. The number of hydrogen-bond donors (Lipinski definition) is 6. The van der Waals surface area contributed by atoms with E-state index in [1.165, 1.54) is 0 Å². The molecule has 0 aromatic carbocycles. The van der Waals surface area contributed by atoms with Crippen LogP contribution < -0.4 is 0 Å². The summed E-state index contributed by atoms with van der Waals surface area (Å²) < 4.78 is 34.2. The number of aliphatic hydroxyl groups excluding tert-OH is 5. The summed E-state index contributed by atoms with van der Waals surface area (Å²) in [6.45, 7) is 3.89. The van der Waals surface area contributed by atoms with Gasteiger partial charge in [0.05, 0.1) is 13.2 Å². The molecule has 0 radical (unpaired) electrons. The van der Waals surface area contributed by atoms with Gasteiger partial charge in [-0.1, -0.05) is 160 Å². The van der Waals surface area contributed by atoms with Crippen LogP contribution in [0.2, 0.25) is 0 Å². The van der Waals surface area contributed by atoms with Crippen LogP contribution >= 0.6 is 7.82 Å². The molecule has 0 bridgehead atoms. The van der Waals surface area contributed by atoms with Gasteiger partial charge in [0.25, 0.3) is 0 Å². The molecule has 6 atom stereocenters. The van der Waals surface area contributed by atoms with E-state index in [0.717, 1.165) is 116 Å². The van der Waals surface area contributed by atoms with E-state index in [1.807, 2.05) is 0 Å². The molecule has 68 heavy (non-hydrogen) atoms. The summed E-state index contributed by atoms with van der Waals surface area (Å²) in [6, 6.07) is 0. The summed E-state index contributed by atoms with van der Waals surface area (Å²) in [5.41, 5.74) is 0. The number of carbonyl (C=O) groups is 1. The second-order valence-corrected chi connectivity index (χ2v) is 18.0. The van der Waals surface area contributed by atoms with Crippen LogP contribution in [0.1, 0.15) is 142 Å². The fourth-order valence-electron chi connectivity index (χ4n) is 6.62. The van der Waals surface area contributed by atoms with Crippen LogP contribution in [0.15, 0.2) is 134 Å². The smallest absolute Gasteiger partial charge is 0.457 e. The highest BCUT2D eigenvalue weighted by molar-refractivity contribution is 7.47. The molecule has 0 amide bonds. The monoisotopic (exact) mass is 971 g/mol. The van der Waals surface area contributed by atoms with Gasteiger partial charge in [-0.2, -0.15) is 0 Å². The number of phosphoric ester groups is 1. The summed E-state index contributed by atoms with van der Waals surface area (Å²) >= 11 is 0. The molecule has 0 saturated heterocycles. The highest BCUT2D eigenvalue weighted by Gasteiger charge is 2.51. The van der Waals surface area contributed by atoms with Crippen molar-refractivity contribution in [2.75, 3.05) is 19.8 Å². The number of aliphatic hydroxyl groups is 5. The summed E-state index contributed by atoms with van der Waals surface area (Å²) in [5, 5.41) is 50.3. The SMILES string of the molecule is CC/C=C\C/C=C\C/C=C\C/C=C\C/C=C\C/C=C\CCCCCOCC(COP(=O)(O)OC1C(O)C(O)C(O)C(O)C1O)OC(=O)CCCCC/C=C\C/C=C\C/C=C\C/C=C\C/C=C\CC. The predicted octanol–water partition coefficient (Wildman–Crippen LogP) is 11.2. The van der Waals surface area contributed by atoms with E-state index in [2.05, 4.69) is 148 Å². The maximum Gasteiger partial charge on any atom is 0.472 e. The van der Waals surface area contributed by atoms with Crippen molar-refractivity contribution in [3.8, 4) is 0 Å². The molecule has 1 rings (SSSR count). The zero-order chi connectivity index (χ0) is 49.8. The van der Waals surface area contributed by atoms with Crippen LogP contribution in [-0.2, 0) is 27.9 Å². The van der Waals surface area contributed by atoms with Gasteiger partial charge in [-0.05, 0) is 109 Å². The van der Waals surface area contributed by atoms with Gasteiger partial charge in [0.15, 0.2) is 0 Å². The van der Waals surface area contributed by atoms with Gasteiger partial charge < -0.3 is 39.9 Å². The minimum atomic E-state index is -5.05. The zero-order valence-electron chi connectivity index (χ0n) is 41.1. The maximum absolute atomic E-state index is 12.9. The highest BCUT2D eigenvalue weighted by atomic mass is 31.2. The number of carbonyl (C=O) groups excluding carboxylic acids is 1. The molecule has 0 heterocycles. The molecular weight excluding hydrogens is 884 g/mol. The quantitative estimate of drug-likeness (QED) is 0.0148. The normalized spacial score (nSPS) is 22.3. The Kier molecular flexibility index (Phi) is 40.0. The number of allylic oxidation sites excluding steroid dienone is 22. The van der Waals surface area contributed by atoms with Crippen molar-refractivity contribution < 1.29 is 58.3 Å². The lowest BCUT2D eigenvalue weighted by Crippen LogP contribution is -2.64. The highest BCUT2D eigenvalue weighted by Crippen LogP contribution is 2.47. The first kappa shape index (κ1) is 62.5. The van der Waals surface area contributed by atoms with Gasteiger partial charge in [-0.25, -0.2) is 4.57 Å². The van der Waals surface area contributed by atoms with E-state index < -0.39 is 63.1 Å². The largest absolute Gasteiger partial charge is 0.472 e. The van der Waals surface area contributed by atoms with Gasteiger partial charge >= 0.3 is 13.8 Å². The topological polar surface area (TPSA) is 192 Å². The third-order valence-corrected chi connectivity index (χ3v) is 11.5. The van der Waals surface area contributed by atoms with Gasteiger partial charge in [-0.15, -0.1) is 0 Å². The fourth-order valence-corrected chi connectivity index (χ4v) is 7.59. The average Bonchev–Trinajstić information content (AvgIpc) is 3.32. The molecule has 0 aromatic rings. The summed E-state index contributed by atoms with van der Waals surface area (Å²) in [6.07, 6.45) is 52.3. The minimum Gasteiger partial charge on any atom is -0.457 e. The molecule has 384 valence electrons. The second-order valence-electron chi connectivity index (χ2n) is 16.5. The average molecular weight is 971 g/mol. The number of ether oxygens (including phenoxy) is 2. The molecule has 1 aliphatic carbocycles. The molecule has 13 heteroatoms. The van der Waals surface area contributed by atoms with Crippen molar-refractivity contribution >= 4 is 13.8 Å². The first-order valence-electron chi connectivity index (χ1n) is 25.0. The van der Waals surface area contributed by atoms with Gasteiger partial charge in [0.2, 0.25) is 0 Å². The summed E-state index contributed by atoms with van der Waals surface area (Å²) in [5.74, 6) is -0.527. The Morgan fingerprint density at radius 3 is 1.22 bits per heavy atom. The molecule has 0 aromatic heterocycles. The molecule has 1 fully saturated rings. The van der Waals surface area contributed by atoms with Crippen LogP contribution in [0.25, 0.3) is 0 Å². The minimum absolute atomic E-state index is 0.124. The Bertz CT molecular complexity index is 1620. The number of unbranched alkanes of at least 4 members (excludes halogenated alkanes) is 6. The molecule has 6 N–H and O–H groups in total. The summed E-state index contributed by atoms with van der Waals surface area (Å²) in [4.78, 5) is 23.2. The van der Waals surface area contributed by atoms with E-state index >= 15 is 0 Å². The molecule has 12 nitrogen and oxygen atoms in total. The number of hydrogen-bond acceptors (Lipinski definition) is 11. The summed E-state index contributed by atoms with van der Waals surface area (Å²) in [7, 11) is -5.05. The van der Waals surface area contributed by atoms with Crippen LogP contribution in [-0.4, -0.2) is 98.9 Å². The lowest BCUT2D eigenvalue weighted by atomic mass is 9.85. The molecular formula is C55H87O12P. The van der Waals surface area contributed by atoms with Crippen molar-refractivity contribution in [1.82, 2.24) is 0 Å². The standard InChI is InChI=1S/C55H87O12P/c1-3-5-7-9-11-13-15-17-19-21-23-24-25-27-29-31-33-35-37-39-41-43-45-64-46-48(47-65-68(62,63)67-55-53(60)51(58)50(57)52(59)54(55)61)66-49(56)44-42-40-38-36-34-32-30-28-26-22-20-18-16-14-12-10-8-6-4-2/h5-8,11-14,17-20,23-24,26-29,32-35,48,50-55,57-61H,3-4,9-10,15-16,21-22,25,30-31,36-47H2,1-2H3,(H,62,63)/b7-5-,8-6-,13-11-,14-12-,19-17-,20-18-,24-23-,28-26-,29-27-,34-32-,35-33-. The van der Waals surface area contributed by atoms with Crippen molar-refractivity contribution in [3.05, 3.63) is 134 Å². The van der Waals surface area contributed by atoms with Crippen molar-refractivity contribution in [3.63, 3.8) is 0 Å². The molecule has 0 spiro atoms. The maximum atomic E-state index is 12.9. The second kappa shape index (κ2) is 43.5. The van der Waals surface area contributed by atoms with Gasteiger partial charge in [0, 0.05) is 13.0 Å². The Balaban J connectivity index is 2.44. The molecule has 6 unspecified atom stereocenters. The molecule has 1 aliphatic rings. The first-order valence-corrected chi connectivity index (χ1v) is 26.5. The van der Waals surface area contributed by atoms with E-state index in [9.17, 15) is 39.8 Å². The number of esters is 1. The van der Waals surface area contributed by atoms with Crippen molar-refractivity contribution in [2.24, 2.45) is 0 Å². The molecule has 1 saturated carbocycles. The first-order chi connectivity index (χ1) is 33.0. The van der Waals surface area contributed by atoms with E-state index in [0.29, 0.717) is 13.0 Å². The van der Waals surface area contributed by atoms with E-state index in [-0.39, 0.29) is 13.0 Å². The third kappa shape index (κ3) is 34.7. The van der Waals surface area contributed by atoms with Crippen LogP contribution in [0.3, 0.4) is 0 Å². The predicted molar refractivity (Wildman–Crippen MR) is 276 cm³/mol. The Hall–Kier alpha value is -3.52. The Morgan fingerprint density at radius 1 is 0.471 bits per heavy atom. The number of phosphoric acid groups is 1. The van der Waals surface area contributed by atoms with Crippen LogP contribution in [0, 0.1) is 0 Å². The Labute approximate surface area is 409 Å². The van der Waals surface area contributed by atoms with E-state index in [1.54, 1.807) is 0 Å². The lowest BCUT2D eigenvalue weighted by molar-refractivity contribution is -0.220. The third-order valence-electron chi connectivity index (χ3n) is 10.5. The van der Waals surface area contributed by atoms with Crippen LogP contribution in [0.4, 0.5) is 0 Å². The van der Waals surface area contributed by atoms with Gasteiger partial charge in [0.1, 0.15) is 42.7 Å². The zero-order valence-corrected chi connectivity index (χ0v) is 42.0. The van der Waals surface area contributed by atoms with Crippen molar-refractivity contribution in [1.29, 1.82) is 0 Å². The Morgan fingerprint density at radius 2 is 0.824 bits per heavy atom. The van der Waals surface area contributed by atoms with Gasteiger partial charge in [-0.3, -0.25) is 13.8 Å². The number of rotatable bonds is 40. The van der Waals surface area contributed by atoms with E-state index in [4.69, 9.17) is 18.5 Å². The lowest BCUT2D eigenvalue weighted by Gasteiger charge is -2.41.